The fraction of sp³-hybridized carbons (Fsp3) is 0.500. The Morgan fingerprint density at radius 2 is 1.81 bits per heavy atom. The molecule has 0 unspecified atom stereocenters. The third kappa shape index (κ3) is 4.05. The molecular weight excluding hydrogens is 196 g/mol. The maximum atomic E-state index is 4.41. The van der Waals surface area contributed by atoms with E-state index in [0.717, 1.165) is 30.0 Å². The molecule has 0 aliphatic rings. The maximum Gasteiger partial charge on any atom is 0.128 e. The Bertz CT molecular complexity index is 297. The van der Waals surface area contributed by atoms with Gasteiger partial charge in [-0.15, -0.1) is 0 Å². The van der Waals surface area contributed by atoms with E-state index in [1.54, 1.807) is 0 Å². The predicted molar refractivity (Wildman–Crippen MR) is 73.9 cm³/mol. The van der Waals surface area contributed by atoms with E-state index in [1.165, 1.54) is 0 Å². The zero-order valence-electron chi connectivity index (χ0n) is 11.2. The maximum absolute atomic E-state index is 4.41. The van der Waals surface area contributed by atoms with Crippen LogP contribution in [0.5, 0.6) is 0 Å². The minimum absolute atomic E-state index is 0.996. The van der Waals surface area contributed by atoms with Crippen LogP contribution in [-0.2, 0) is 0 Å². The van der Waals surface area contributed by atoms with Gasteiger partial charge in [0.05, 0.1) is 0 Å². The van der Waals surface area contributed by atoms with Gasteiger partial charge in [0.2, 0.25) is 0 Å². The lowest BCUT2D eigenvalue weighted by molar-refractivity contribution is 0.846. The summed E-state index contributed by atoms with van der Waals surface area (Å²) in [5.74, 6) is 1.04. The molecule has 0 radical (unpaired) electrons. The molecule has 1 rings (SSSR count). The molecule has 2 heteroatoms. The highest BCUT2D eigenvalue weighted by atomic mass is 15.2. The molecule has 0 spiro atoms. The second-order valence-electron chi connectivity index (χ2n) is 3.36. The van der Waals surface area contributed by atoms with Crippen LogP contribution in [0.2, 0.25) is 0 Å². The van der Waals surface area contributed by atoms with Gasteiger partial charge in [0.1, 0.15) is 5.82 Å². The van der Waals surface area contributed by atoms with Crippen molar-refractivity contribution in [1.29, 1.82) is 0 Å². The standard InChI is InChI=1S/C12H18N2.C2H6/c1-5-14(6-2)12-8-7-11(9-13-12)10(3)4;1-2/h7-9H,3,5-6H2,1-2,4H3;1-2H3. The molecule has 1 aromatic rings. The molecule has 90 valence electrons. The van der Waals surface area contributed by atoms with E-state index in [-0.39, 0.29) is 0 Å². The molecule has 0 N–H and O–H groups in total. The Kier molecular flexibility index (Phi) is 7.27. The number of anilines is 1. The number of rotatable bonds is 4. The van der Waals surface area contributed by atoms with Crippen LogP contribution in [0, 0.1) is 0 Å². The summed E-state index contributed by atoms with van der Waals surface area (Å²) in [6, 6.07) is 4.12. The van der Waals surface area contributed by atoms with Crippen LogP contribution >= 0.6 is 0 Å². The first kappa shape index (κ1) is 14.7. The number of hydrogen-bond acceptors (Lipinski definition) is 2. The average Bonchev–Trinajstić information content (AvgIpc) is 2.34. The van der Waals surface area contributed by atoms with Gasteiger partial charge in [-0.3, -0.25) is 0 Å². The van der Waals surface area contributed by atoms with Gasteiger partial charge in [-0.2, -0.15) is 0 Å². The van der Waals surface area contributed by atoms with E-state index in [1.807, 2.05) is 27.0 Å². The van der Waals surface area contributed by atoms with Crippen LogP contribution in [0.3, 0.4) is 0 Å². The van der Waals surface area contributed by atoms with Crippen molar-refractivity contribution in [2.45, 2.75) is 34.6 Å². The highest BCUT2D eigenvalue weighted by molar-refractivity contribution is 5.61. The highest BCUT2D eigenvalue weighted by Gasteiger charge is 2.02. The van der Waals surface area contributed by atoms with Crippen LogP contribution in [0.4, 0.5) is 5.82 Å². The van der Waals surface area contributed by atoms with Crippen molar-refractivity contribution in [1.82, 2.24) is 4.98 Å². The third-order valence-electron chi connectivity index (χ3n) is 2.33. The molecule has 0 amide bonds. The van der Waals surface area contributed by atoms with Crippen molar-refractivity contribution in [3.05, 3.63) is 30.5 Å². The van der Waals surface area contributed by atoms with Gasteiger partial charge < -0.3 is 4.90 Å². The Labute approximate surface area is 100 Å². The van der Waals surface area contributed by atoms with Gasteiger partial charge in [-0.05, 0) is 44.0 Å². The summed E-state index contributed by atoms with van der Waals surface area (Å²) in [4.78, 5) is 6.63. The van der Waals surface area contributed by atoms with Gasteiger partial charge in [-0.25, -0.2) is 4.98 Å². The first-order valence-electron chi connectivity index (χ1n) is 6.05. The second kappa shape index (κ2) is 7.91. The van der Waals surface area contributed by atoms with E-state index in [4.69, 9.17) is 0 Å². The van der Waals surface area contributed by atoms with Crippen LogP contribution in [0.25, 0.3) is 5.57 Å². The lowest BCUT2D eigenvalue weighted by Crippen LogP contribution is -2.22. The fourth-order valence-corrected chi connectivity index (χ4v) is 1.37. The summed E-state index contributed by atoms with van der Waals surface area (Å²) in [5.41, 5.74) is 2.17. The molecule has 0 saturated carbocycles. The Balaban J connectivity index is 0.00000106. The van der Waals surface area contributed by atoms with Crippen molar-refractivity contribution in [3.8, 4) is 0 Å². The van der Waals surface area contributed by atoms with Gasteiger partial charge in [0, 0.05) is 19.3 Å². The monoisotopic (exact) mass is 220 g/mol. The summed E-state index contributed by atoms with van der Waals surface area (Å²) < 4.78 is 0. The second-order valence-corrected chi connectivity index (χ2v) is 3.36. The van der Waals surface area contributed by atoms with E-state index >= 15 is 0 Å². The van der Waals surface area contributed by atoms with Crippen LogP contribution < -0.4 is 4.90 Å². The fourth-order valence-electron chi connectivity index (χ4n) is 1.37. The number of pyridine rings is 1. The van der Waals surface area contributed by atoms with E-state index < -0.39 is 0 Å². The minimum atomic E-state index is 0.996. The van der Waals surface area contributed by atoms with Crippen molar-refractivity contribution in [2.24, 2.45) is 0 Å². The number of nitrogens with zero attached hydrogens (tertiary/aromatic N) is 2. The average molecular weight is 220 g/mol. The van der Waals surface area contributed by atoms with Crippen molar-refractivity contribution in [3.63, 3.8) is 0 Å². The summed E-state index contributed by atoms with van der Waals surface area (Å²) in [5, 5.41) is 0. The molecule has 16 heavy (non-hydrogen) atoms. The molecule has 1 heterocycles. The Morgan fingerprint density at radius 3 is 2.12 bits per heavy atom. The third-order valence-corrected chi connectivity index (χ3v) is 2.33. The lowest BCUT2D eigenvalue weighted by Gasteiger charge is -2.19. The first-order chi connectivity index (χ1) is 7.69. The highest BCUT2D eigenvalue weighted by Crippen LogP contribution is 2.14. The summed E-state index contributed by atoms with van der Waals surface area (Å²) in [6.45, 7) is 16.1. The molecule has 0 aliphatic carbocycles. The molecule has 0 bridgehead atoms. The first-order valence-corrected chi connectivity index (χ1v) is 6.05. The molecule has 0 saturated heterocycles. The Morgan fingerprint density at radius 1 is 1.25 bits per heavy atom. The van der Waals surface area contributed by atoms with Crippen molar-refractivity contribution >= 4 is 11.4 Å². The van der Waals surface area contributed by atoms with Gasteiger partial charge >= 0.3 is 0 Å². The molecule has 2 nitrogen and oxygen atoms in total. The SMILES string of the molecule is C=C(C)c1ccc(N(CC)CC)nc1.CC. The van der Waals surface area contributed by atoms with Crippen LogP contribution in [0.15, 0.2) is 24.9 Å². The van der Waals surface area contributed by atoms with Gasteiger partial charge in [-0.1, -0.05) is 20.4 Å². The quantitative estimate of drug-likeness (QED) is 0.762. The number of aromatic nitrogens is 1. The molecule has 0 fully saturated rings. The van der Waals surface area contributed by atoms with E-state index in [2.05, 4.69) is 42.4 Å². The predicted octanol–water partition coefficient (Wildman–Crippen LogP) is 3.99. The summed E-state index contributed by atoms with van der Waals surface area (Å²) in [7, 11) is 0. The molecule has 0 aromatic carbocycles. The summed E-state index contributed by atoms with van der Waals surface area (Å²) >= 11 is 0. The largest absolute Gasteiger partial charge is 0.357 e. The molecule has 1 aromatic heterocycles. The van der Waals surface area contributed by atoms with E-state index in [9.17, 15) is 0 Å². The van der Waals surface area contributed by atoms with Crippen LogP contribution in [0.1, 0.15) is 40.2 Å². The zero-order valence-corrected chi connectivity index (χ0v) is 11.2. The van der Waals surface area contributed by atoms with Crippen molar-refractivity contribution in [2.75, 3.05) is 18.0 Å². The van der Waals surface area contributed by atoms with Crippen LogP contribution in [-0.4, -0.2) is 18.1 Å². The van der Waals surface area contributed by atoms with E-state index in [0.29, 0.717) is 0 Å². The zero-order chi connectivity index (χ0) is 12.6. The molecular formula is C14H24N2. The minimum Gasteiger partial charge on any atom is -0.357 e. The normalized spacial score (nSPS) is 9.06. The summed E-state index contributed by atoms with van der Waals surface area (Å²) in [6.07, 6.45) is 1.88. The number of allylic oxidation sites excluding steroid dienone is 1. The topological polar surface area (TPSA) is 16.1 Å². The number of hydrogen-bond donors (Lipinski definition) is 0. The lowest BCUT2D eigenvalue weighted by atomic mass is 10.1. The van der Waals surface area contributed by atoms with Crippen molar-refractivity contribution < 1.29 is 0 Å². The van der Waals surface area contributed by atoms with Gasteiger partial charge in [0.25, 0.3) is 0 Å². The smallest absolute Gasteiger partial charge is 0.128 e. The Hall–Kier alpha value is -1.31. The van der Waals surface area contributed by atoms with Gasteiger partial charge in [0.15, 0.2) is 0 Å². The molecule has 0 aliphatic heterocycles. The molecule has 0 atom stereocenters.